The zero-order valence-corrected chi connectivity index (χ0v) is 17.9. The van der Waals surface area contributed by atoms with E-state index in [9.17, 15) is 9.18 Å². The van der Waals surface area contributed by atoms with Crippen LogP contribution in [0.3, 0.4) is 0 Å². The molecule has 0 bridgehead atoms. The average Bonchev–Trinajstić information content (AvgIpc) is 3.16. The summed E-state index contributed by atoms with van der Waals surface area (Å²) >= 11 is 0. The molecule has 1 aromatic carbocycles. The van der Waals surface area contributed by atoms with Crippen LogP contribution in [-0.4, -0.2) is 53.9 Å². The standard InChI is InChI=1S/C25H27FN4O/c1-29(2)23-14-15-30(17-23)22-5-3-4-21(11-12-22)28-25(31)19-8-13-24(27-16-19)18-6-9-20(26)10-7-18/h3,5-13,16,23H,4,14-15,17H2,1-2H3,(H,28,31). The number of hydrogen-bond acceptors (Lipinski definition) is 4. The Bertz CT molecular complexity index is 1020. The van der Waals surface area contributed by atoms with E-state index in [1.807, 2.05) is 6.08 Å². The van der Waals surface area contributed by atoms with Crippen molar-refractivity contribution in [2.45, 2.75) is 18.9 Å². The fourth-order valence-electron chi connectivity index (χ4n) is 3.86. The zero-order chi connectivity index (χ0) is 21.8. The van der Waals surface area contributed by atoms with Crippen molar-refractivity contribution in [3.8, 4) is 11.3 Å². The lowest BCUT2D eigenvalue weighted by Crippen LogP contribution is -2.31. The lowest BCUT2D eigenvalue weighted by atomic mass is 10.1. The van der Waals surface area contributed by atoms with Gasteiger partial charge in [0.25, 0.3) is 5.91 Å². The molecular weight excluding hydrogens is 391 g/mol. The van der Waals surface area contributed by atoms with Gasteiger partial charge >= 0.3 is 0 Å². The second-order valence-electron chi connectivity index (χ2n) is 8.14. The SMILES string of the molecule is CN(C)C1CCN(C2=CC=C(NC(=O)c3ccc(-c4ccc(F)cc4)nc3)CC=C2)C1. The molecule has 31 heavy (non-hydrogen) atoms. The third-order valence-corrected chi connectivity index (χ3v) is 5.78. The summed E-state index contributed by atoms with van der Waals surface area (Å²) < 4.78 is 13.1. The van der Waals surface area contributed by atoms with Crippen molar-refractivity contribution < 1.29 is 9.18 Å². The van der Waals surface area contributed by atoms with Crippen LogP contribution in [-0.2, 0) is 0 Å². The van der Waals surface area contributed by atoms with Crippen molar-refractivity contribution in [2.24, 2.45) is 0 Å². The first kappa shape index (κ1) is 21.0. The highest BCUT2D eigenvalue weighted by Crippen LogP contribution is 2.22. The van der Waals surface area contributed by atoms with Crippen LogP contribution in [0, 0.1) is 5.82 Å². The molecule has 5 nitrogen and oxygen atoms in total. The van der Waals surface area contributed by atoms with Gasteiger partial charge in [-0.25, -0.2) is 4.39 Å². The molecule has 2 aromatic rings. The number of hydrogen-bond donors (Lipinski definition) is 1. The van der Waals surface area contributed by atoms with Crippen LogP contribution in [0.1, 0.15) is 23.2 Å². The van der Waals surface area contributed by atoms with Crippen molar-refractivity contribution in [1.82, 2.24) is 20.1 Å². The summed E-state index contributed by atoms with van der Waals surface area (Å²) in [6.07, 6.45) is 11.7. The number of pyridine rings is 1. The van der Waals surface area contributed by atoms with Crippen LogP contribution in [0.2, 0.25) is 0 Å². The molecule has 2 aliphatic rings. The van der Waals surface area contributed by atoms with Crippen LogP contribution in [0.4, 0.5) is 4.39 Å². The summed E-state index contributed by atoms with van der Waals surface area (Å²) in [4.78, 5) is 21.7. The van der Waals surface area contributed by atoms with Gasteiger partial charge in [0, 0.05) is 48.7 Å². The Morgan fingerprint density at radius 2 is 1.97 bits per heavy atom. The highest BCUT2D eigenvalue weighted by Gasteiger charge is 2.24. The minimum absolute atomic E-state index is 0.191. The number of allylic oxidation sites excluding steroid dienone is 4. The van der Waals surface area contributed by atoms with Gasteiger partial charge in [0.1, 0.15) is 5.82 Å². The minimum Gasteiger partial charge on any atom is -0.370 e. The number of benzene rings is 1. The van der Waals surface area contributed by atoms with E-state index in [0.29, 0.717) is 23.7 Å². The van der Waals surface area contributed by atoms with Crippen LogP contribution in [0.15, 0.2) is 78.3 Å². The molecule has 1 amide bonds. The normalized spacial score (nSPS) is 18.6. The Morgan fingerprint density at radius 1 is 1.16 bits per heavy atom. The maximum Gasteiger partial charge on any atom is 0.256 e. The topological polar surface area (TPSA) is 48.5 Å². The number of amides is 1. The molecule has 1 fully saturated rings. The van der Waals surface area contributed by atoms with Gasteiger partial charge in [0.15, 0.2) is 0 Å². The second kappa shape index (κ2) is 9.27. The Hall–Kier alpha value is -3.25. The molecule has 0 spiro atoms. The number of carbonyl (C=O) groups excluding carboxylic acids is 1. The second-order valence-corrected chi connectivity index (χ2v) is 8.14. The maximum absolute atomic E-state index is 13.1. The Kier molecular flexibility index (Phi) is 6.28. The molecule has 0 saturated carbocycles. The Labute approximate surface area is 182 Å². The fraction of sp³-hybridized carbons (Fsp3) is 0.280. The molecule has 0 radical (unpaired) electrons. The molecule has 1 atom stereocenters. The maximum atomic E-state index is 13.1. The van der Waals surface area contributed by atoms with Crippen molar-refractivity contribution in [1.29, 1.82) is 0 Å². The van der Waals surface area contributed by atoms with Crippen molar-refractivity contribution in [3.05, 3.63) is 89.7 Å². The van der Waals surface area contributed by atoms with Crippen LogP contribution in [0.5, 0.6) is 0 Å². The molecule has 1 aliphatic carbocycles. The summed E-state index contributed by atoms with van der Waals surface area (Å²) in [5, 5.41) is 2.99. The summed E-state index contributed by atoms with van der Waals surface area (Å²) in [6, 6.07) is 10.2. The highest BCUT2D eigenvalue weighted by atomic mass is 19.1. The number of carbonyl (C=O) groups is 1. The van der Waals surface area contributed by atoms with Gasteiger partial charge in [-0.2, -0.15) is 0 Å². The Balaban J connectivity index is 1.40. The van der Waals surface area contributed by atoms with E-state index >= 15 is 0 Å². The smallest absolute Gasteiger partial charge is 0.256 e. The van der Waals surface area contributed by atoms with Gasteiger partial charge in [-0.1, -0.05) is 6.08 Å². The first-order chi connectivity index (χ1) is 15.0. The van der Waals surface area contributed by atoms with E-state index in [0.717, 1.165) is 30.8 Å². The first-order valence-electron chi connectivity index (χ1n) is 10.5. The molecular formula is C25H27FN4O. The molecule has 160 valence electrons. The van der Waals surface area contributed by atoms with Gasteiger partial charge in [-0.05, 0) is 75.1 Å². The van der Waals surface area contributed by atoms with Gasteiger partial charge in [-0.3, -0.25) is 9.78 Å². The fourth-order valence-corrected chi connectivity index (χ4v) is 3.86. The number of likely N-dealkylation sites (N-methyl/N-ethyl adjacent to an activating group) is 1. The largest absolute Gasteiger partial charge is 0.370 e. The molecule has 2 heterocycles. The van der Waals surface area contributed by atoms with Crippen molar-refractivity contribution >= 4 is 5.91 Å². The highest BCUT2D eigenvalue weighted by molar-refractivity contribution is 5.95. The third-order valence-electron chi connectivity index (χ3n) is 5.78. The van der Waals surface area contributed by atoms with Crippen molar-refractivity contribution in [2.75, 3.05) is 27.2 Å². The van der Waals surface area contributed by atoms with E-state index in [1.54, 1.807) is 30.5 Å². The number of likely N-dealkylation sites (tertiary alicyclic amines) is 1. The number of halogens is 1. The lowest BCUT2D eigenvalue weighted by molar-refractivity contribution is 0.0965. The van der Waals surface area contributed by atoms with E-state index in [2.05, 4.69) is 52.4 Å². The summed E-state index contributed by atoms with van der Waals surface area (Å²) in [6.45, 7) is 2.06. The molecule has 1 aromatic heterocycles. The number of nitrogens with zero attached hydrogens (tertiary/aromatic N) is 3. The summed E-state index contributed by atoms with van der Waals surface area (Å²) in [7, 11) is 4.25. The van der Waals surface area contributed by atoms with E-state index < -0.39 is 0 Å². The average molecular weight is 419 g/mol. The predicted molar refractivity (Wildman–Crippen MR) is 121 cm³/mol. The number of nitrogens with one attached hydrogen (secondary N) is 1. The molecule has 1 aliphatic heterocycles. The van der Waals surface area contributed by atoms with Crippen molar-refractivity contribution in [3.63, 3.8) is 0 Å². The molecule has 1 unspecified atom stereocenters. The van der Waals surface area contributed by atoms with Gasteiger partial charge in [0.2, 0.25) is 0 Å². The Morgan fingerprint density at radius 3 is 2.65 bits per heavy atom. The van der Waals surface area contributed by atoms with E-state index in [4.69, 9.17) is 0 Å². The number of rotatable bonds is 5. The third kappa shape index (κ3) is 5.09. The minimum atomic E-state index is -0.287. The van der Waals surface area contributed by atoms with Gasteiger partial charge in [0.05, 0.1) is 11.3 Å². The summed E-state index contributed by atoms with van der Waals surface area (Å²) in [5.74, 6) is -0.478. The quantitative estimate of drug-likeness (QED) is 0.798. The van der Waals surface area contributed by atoms with Gasteiger partial charge in [-0.15, -0.1) is 0 Å². The monoisotopic (exact) mass is 418 g/mol. The lowest BCUT2D eigenvalue weighted by Gasteiger charge is -2.22. The van der Waals surface area contributed by atoms with Crippen LogP contribution < -0.4 is 5.32 Å². The van der Waals surface area contributed by atoms with Gasteiger partial charge < -0.3 is 15.1 Å². The van der Waals surface area contributed by atoms with Crippen LogP contribution >= 0.6 is 0 Å². The first-order valence-corrected chi connectivity index (χ1v) is 10.5. The van der Waals surface area contributed by atoms with Crippen LogP contribution in [0.25, 0.3) is 11.3 Å². The molecule has 1 N–H and O–H groups in total. The van der Waals surface area contributed by atoms with E-state index in [-0.39, 0.29) is 11.7 Å². The predicted octanol–water partition coefficient (Wildman–Crippen LogP) is 3.98. The molecule has 1 saturated heterocycles. The number of aromatic nitrogens is 1. The summed E-state index contributed by atoms with van der Waals surface area (Å²) in [5.41, 5.74) is 4.02. The zero-order valence-electron chi connectivity index (χ0n) is 17.9. The molecule has 4 rings (SSSR count). The molecule has 6 heteroatoms. The van der Waals surface area contributed by atoms with E-state index in [1.165, 1.54) is 17.8 Å².